The number of nitrogens with one attached hydrogen (secondary N) is 1. The van der Waals surface area contributed by atoms with Gasteiger partial charge in [0, 0.05) is 19.3 Å². The number of aromatic nitrogens is 2. The molecule has 0 aliphatic carbocycles. The molecule has 28 heavy (non-hydrogen) atoms. The summed E-state index contributed by atoms with van der Waals surface area (Å²) in [4.78, 5) is 37.2. The van der Waals surface area contributed by atoms with Gasteiger partial charge in [0.15, 0.2) is 0 Å². The van der Waals surface area contributed by atoms with Crippen molar-refractivity contribution in [3.63, 3.8) is 0 Å². The van der Waals surface area contributed by atoms with Crippen LogP contribution in [-0.4, -0.2) is 58.0 Å². The van der Waals surface area contributed by atoms with Crippen molar-refractivity contribution in [2.24, 2.45) is 5.92 Å². The maximum absolute atomic E-state index is 12.7. The maximum Gasteiger partial charge on any atom is 0.337 e. The predicted octanol–water partition coefficient (Wildman–Crippen LogP) is 2.30. The van der Waals surface area contributed by atoms with Crippen molar-refractivity contribution in [1.29, 1.82) is 0 Å². The largest absolute Gasteiger partial charge is 0.481 e. The number of carbonyl (C=O) groups excluding carboxylic acids is 2. The van der Waals surface area contributed by atoms with E-state index in [1.807, 2.05) is 6.92 Å². The average Bonchev–Trinajstić information content (AvgIpc) is 3.13. The van der Waals surface area contributed by atoms with E-state index in [1.54, 1.807) is 40.2 Å². The van der Waals surface area contributed by atoms with Crippen LogP contribution in [0.4, 0.5) is 10.5 Å². The number of hydrogen-bond acceptors (Lipinski definition) is 5. The first-order chi connectivity index (χ1) is 13.4. The Morgan fingerprint density at radius 1 is 1.25 bits per heavy atom. The molecule has 0 radical (unpaired) electrons. The number of nitrogens with zero attached hydrogens (tertiary/aromatic N) is 3. The highest BCUT2D eigenvalue weighted by molar-refractivity contribution is 5.96. The molecule has 2 aromatic rings. The summed E-state index contributed by atoms with van der Waals surface area (Å²) in [6, 6.07) is 4.48. The number of benzene rings is 1. The molecule has 0 bridgehead atoms. The lowest BCUT2D eigenvalue weighted by Crippen LogP contribution is -2.42. The Morgan fingerprint density at radius 3 is 2.54 bits per heavy atom. The van der Waals surface area contributed by atoms with Crippen LogP contribution < -0.4 is 5.32 Å². The van der Waals surface area contributed by atoms with E-state index in [1.165, 1.54) is 7.11 Å². The number of carboxylic acid groups (broad SMARTS) is 1. The second-order valence-electron chi connectivity index (χ2n) is 6.72. The minimum atomic E-state index is -0.831. The van der Waals surface area contributed by atoms with Gasteiger partial charge >= 0.3 is 18.0 Å². The Kier molecular flexibility index (Phi) is 5.62. The number of anilines is 1. The number of urea groups is 1. The molecule has 0 atom stereocenters. The van der Waals surface area contributed by atoms with Crippen LogP contribution in [0.2, 0.25) is 0 Å². The summed E-state index contributed by atoms with van der Waals surface area (Å²) in [5, 5.41) is 16.2. The van der Waals surface area contributed by atoms with Crippen molar-refractivity contribution in [2.45, 2.75) is 19.8 Å². The van der Waals surface area contributed by atoms with Crippen molar-refractivity contribution in [2.75, 3.05) is 25.5 Å². The second kappa shape index (κ2) is 8.12. The van der Waals surface area contributed by atoms with Crippen molar-refractivity contribution in [3.8, 4) is 5.69 Å². The van der Waals surface area contributed by atoms with Crippen LogP contribution in [0.25, 0.3) is 5.69 Å². The SMILES string of the molecule is COC(=O)c1ccc(-n2cc(C)cn2)c(NC(=O)N2CCC(C(=O)O)CC2)c1. The average molecular weight is 386 g/mol. The van der Waals surface area contributed by atoms with Crippen LogP contribution >= 0.6 is 0 Å². The minimum absolute atomic E-state index is 0.301. The van der Waals surface area contributed by atoms with Crippen LogP contribution in [0.1, 0.15) is 28.8 Å². The van der Waals surface area contributed by atoms with Crippen molar-refractivity contribution < 1.29 is 24.2 Å². The molecular weight excluding hydrogens is 364 g/mol. The summed E-state index contributed by atoms with van der Waals surface area (Å²) in [6.45, 7) is 2.61. The number of piperidine rings is 1. The first kappa shape index (κ1) is 19.4. The Morgan fingerprint density at radius 2 is 1.96 bits per heavy atom. The summed E-state index contributed by atoms with van der Waals surface area (Å²) in [6.07, 6.45) is 4.32. The standard InChI is InChI=1S/C19H22N4O5/c1-12-10-20-23(11-12)16-4-3-14(18(26)28-2)9-15(16)21-19(27)22-7-5-13(6-8-22)17(24)25/h3-4,9-11,13H,5-8H2,1-2H3,(H,21,27)(H,24,25). The number of likely N-dealkylation sites (tertiary alicyclic amines) is 1. The smallest absolute Gasteiger partial charge is 0.337 e. The van der Waals surface area contributed by atoms with Gasteiger partial charge < -0.3 is 20.1 Å². The number of methoxy groups -OCH3 is 1. The van der Waals surface area contributed by atoms with Crippen LogP contribution in [0.15, 0.2) is 30.6 Å². The first-order valence-corrected chi connectivity index (χ1v) is 8.91. The summed E-state index contributed by atoms with van der Waals surface area (Å²) >= 11 is 0. The molecule has 1 aromatic carbocycles. The van der Waals surface area contributed by atoms with E-state index in [9.17, 15) is 14.4 Å². The second-order valence-corrected chi connectivity index (χ2v) is 6.72. The fourth-order valence-electron chi connectivity index (χ4n) is 3.15. The highest BCUT2D eigenvalue weighted by atomic mass is 16.5. The minimum Gasteiger partial charge on any atom is -0.481 e. The highest BCUT2D eigenvalue weighted by Crippen LogP contribution is 2.24. The number of esters is 1. The lowest BCUT2D eigenvalue weighted by Gasteiger charge is -2.30. The van der Waals surface area contributed by atoms with E-state index in [0.717, 1.165) is 5.56 Å². The quantitative estimate of drug-likeness (QED) is 0.780. The molecule has 2 heterocycles. The van der Waals surface area contributed by atoms with E-state index in [2.05, 4.69) is 10.4 Å². The third-order valence-corrected chi connectivity index (χ3v) is 4.75. The van der Waals surface area contributed by atoms with Gasteiger partial charge in [0.2, 0.25) is 0 Å². The molecule has 9 nitrogen and oxygen atoms in total. The lowest BCUT2D eigenvalue weighted by molar-refractivity contribution is -0.143. The highest BCUT2D eigenvalue weighted by Gasteiger charge is 2.27. The fraction of sp³-hybridized carbons (Fsp3) is 0.368. The van der Waals surface area contributed by atoms with Gasteiger partial charge in [0.1, 0.15) is 0 Å². The molecule has 1 aliphatic rings. The Hall–Kier alpha value is -3.36. The molecule has 1 saturated heterocycles. The number of ether oxygens (including phenoxy) is 1. The number of aryl methyl sites for hydroxylation is 1. The first-order valence-electron chi connectivity index (χ1n) is 8.91. The van der Waals surface area contributed by atoms with Crippen LogP contribution in [0, 0.1) is 12.8 Å². The summed E-state index contributed by atoms with van der Waals surface area (Å²) < 4.78 is 6.37. The molecule has 1 aromatic heterocycles. The molecule has 0 unspecified atom stereocenters. The zero-order valence-corrected chi connectivity index (χ0v) is 15.7. The van der Waals surface area contributed by atoms with Crippen LogP contribution in [0.5, 0.6) is 0 Å². The molecule has 2 N–H and O–H groups in total. The Balaban J connectivity index is 1.83. The monoisotopic (exact) mass is 386 g/mol. The third-order valence-electron chi connectivity index (χ3n) is 4.75. The number of carboxylic acids is 1. The van der Waals surface area contributed by atoms with Crippen LogP contribution in [-0.2, 0) is 9.53 Å². The molecule has 0 saturated carbocycles. The zero-order chi connectivity index (χ0) is 20.3. The summed E-state index contributed by atoms with van der Waals surface area (Å²) in [5.74, 6) is -1.77. The van der Waals surface area contributed by atoms with Crippen LogP contribution in [0.3, 0.4) is 0 Å². The van der Waals surface area contributed by atoms with Crippen molar-refractivity contribution >= 4 is 23.7 Å². The van der Waals surface area contributed by atoms with Crippen molar-refractivity contribution in [1.82, 2.24) is 14.7 Å². The number of amides is 2. The maximum atomic E-state index is 12.7. The van der Waals surface area contributed by atoms with Gasteiger partial charge in [-0.3, -0.25) is 4.79 Å². The van der Waals surface area contributed by atoms with E-state index in [0.29, 0.717) is 42.9 Å². The predicted molar refractivity (Wildman–Crippen MR) is 101 cm³/mol. The molecule has 1 fully saturated rings. The van der Waals surface area contributed by atoms with Gasteiger partial charge in [-0.25, -0.2) is 14.3 Å². The molecule has 9 heteroatoms. The Labute approximate surface area is 161 Å². The van der Waals surface area contributed by atoms with Crippen molar-refractivity contribution in [3.05, 3.63) is 41.7 Å². The summed E-state index contributed by atoms with van der Waals surface area (Å²) in [7, 11) is 1.29. The molecule has 1 aliphatic heterocycles. The van der Waals surface area contributed by atoms with E-state index >= 15 is 0 Å². The molecule has 2 amide bonds. The van der Waals surface area contributed by atoms with Gasteiger partial charge in [-0.15, -0.1) is 0 Å². The van der Waals surface area contributed by atoms with E-state index in [-0.39, 0.29) is 6.03 Å². The molecular formula is C19H22N4O5. The van der Waals surface area contributed by atoms with E-state index in [4.69, 9.17) is 9.84 Å². The van der Waals surface area contributed by atoms with Gasteiger partial charge in [-0.05, 0) is 43.5 Å². The number of carbonyl (C=O) groups is 3. The third kappa shape index (κ3) is 4.13. The fourth-order valence-corrected chi connectivity index (χ4v) is 3.15. The Bertz CT molecular complexity index is 899. The number of hydrogen-bond donors (Lipinski definition) is 2. The number of aliphatic carboxylic acids is 1. The number of rotatable bonds is 4. The molecule has 0 spiro atoms. The van der Waals surface area contributed by atoms with Gasteiger partial charge in [0.25, 0.3) is 0 Å². The zero-order valence-electron chi connectivity index (χ0n) is 15.7. The molecule has 148 valence electrons. The van der Waals surface area contributed by atoms with Gasteiger partial charge in [0.05, 0.1) is 36.2 Å². The van der Waals surface area contributed by atoms with Gasteiger partial charge in [-0.1, -0.05) is 0 Å². The lowest BCUT2D eigenvalue weighted by atomic mass is 9.97. The normalized spacial score (nSPS) is 14.6. The molecule has 3 rings (SSSR count). The van der Waals surface area contributed by atoms with E-state index < -0.39 is 17.9 Å². The topological polar surface area (TPSA) is 114 Å². The van der Waals surface area contributed by atoms with Gasteiger partial charge in [-0.2, -0.15) is 5.10 Å². The summed E-state index contributed by atoms with van der Waals surface area (Å²) in [5.41, 5.74) is 2.27.